The summed E-state index contributed by atoms with van der Waals surface area (Å²) in [6.07, 6.45) is 0. The second kappa shape index (κ2) is 9.06. The van der Waals surface area contributed by atoms with Crippen LogP contribution in [0.5, 0.6) is 0 Å². The number of nitrogens with one attached hydrogen (secondary N) is 1. The number of aromatic carboxylic acids is 1. The predicted octanol–water partition coefficient (Wildman–Crippen LogP) is 5.50. The molecule has 136 valence electrons. The van der Waals surface area contributed by atoms with Crippen LogP contribution in [0.15, 0.2) is 34.7 Å². The van der Waals surface area contributed by atoms with E-state index in [9.17, 15) is 9.59 Å². The van der Waals surface area contributed by atoms with Gasteiger partial charge in [0.1, 0.15) is 5.76 Å². The van der Waals surface area contributed by atoms with E-state index in [1.54, 1.807) is 18.2 Å². The van der Waals surface area contributed by atoms with Gasteiger partial charge in [-0.15, -0.1) is 0 Å². The summed E-state index contributed by atoms with van der Waals surface area (Å²) < 4.78 is 5.72. The Hall–Kier alpha value is -2.56. The molecular weight excluding hydrogens is 318 g/mol. The van der Waals surface area contributed by atoms with Crippen molar-refractivity contribution in [2.75, 3.05) is 5.32 Å². The van der Waals surface area contributed by atoms with Crippen molar-refractivity contribution in [3.8, 4) is 0 Å². The number of anilines is 1. The summed E-state index contributed by atoms with van der Waals surface area (Å²) in [5.74, 6) is 0.0597. The number of benzene rings is 1. The van der Waals surface area contributed by atoms with Crippen molar-refractivity contribution in [2.45, 2.75) is 53.4 Å². The molecule has 0 atom stereocenters. The Labute approximate surface area is 149 Å². The van der Waals surface area contributed by atoms with Crippen molar-refractivity contribution in [3.63, 3.8) is 0 Å². The number of carboxylic acids is 1. The molecule has 0 saturated carbocycles. The van der Waals surface area contributed by atoms with Gasteiger partial charge < -0.3 is 14.8 Å². The monoisotopic (exact) mass is 345 g/mol. The van der Waals surface area contributed by atoms with E-state index in [0.29, 0.717) is 5.69 Å². The number of hydrogen-bond donors (Lipinski definition) is 2. The van der Waals surface area contributed by atoms with Crippen LogP contribution < -0.4 is 5.32 Å². The van der Waals surface area contributed by atoms with Crippen LogP contribution in [0.3, 0.4) is 0 Å². The highest BCUT2D eigenvalue weighted by molar-refractivity contribution is 6.03. The third-order valence-electron chi connectivity index (χ3n) is 3.53. The third kappa shape index (κ3) is 5.21. The Morgan fingerprint density at radius 2 is 1.68 bits per heavy atom. The summed E-state index contributed by atoms with van der Waals surface area (Å²) in [4.78, 5) is 23.3. The van der Waals surface area contributed by atoms with Gasteiger partial charge in [0.25, 0.3) is 5.91 Å². The minimum absolute atomic E-state index is 0.119. The minimum atomic E-state index is -1.04. The lowest BCUT2D eigenvalue weighted by Crippen LogP contribution is -2.11. The minimum Gasteiger partial charge on any atom is -0.478 e. The zero-order valence-corrected chi connectivity index (χ0v) is 15.7. The summed E-state index contributed by atoms with van der Waals surface area (Å²) in [5.41, 5.74) is 1.56. The molecular formula is C20H27NO4. The van der Waals surface area contributed by atoms with Crippen LogP contribution in [0.2, 0.25) is 0 Å². The Bertz CT molecular complexity index is 704. The standard InChI is InChI=1S/C18H21NO4.C2H6/c1-10(2)14-9-15(23-16(14)11(3)4)17(20)19-13-7-5-6-12(8-13)18(21)22;1-2/h5-11H,1-4H3,(H,19,20)(H,21,22);1-2H3. The van der Waals surface area contributed by atoms with E-state index in [-0.39, 0.29) is 29.1 Å². The van der Waals surface area contributed by atoms with Crippen LogP contribution in [0, 0.1) is 0 Å². The fourth-order valence-electron chi connectivity index (χ4n) is 2.36. The summed E-state index contributed by atoms with van der Waals surface area (Å²) in [6, 6.07) is 7.87. The molecule has 0 fully saturated rings. The highest BCUT2D eigenvalue weighted by Gasteiger charge is 2.20. The first-order valence-electron chi connectivity index (χ1n) is 8.58. The largest absolute Gasteiger partial charge is 0.478 e. The summed E-state index contributed by atoms with van der Waals surface area (Å²) in [5, 5.41) is 11.7. The van der Waals surface area contributed by atoms with Crippen molar-refractivity contribution in [1.82, 2.24) is 0 Å². The molecule has 1 aromatic heterocycles. The lowest BCUT2D eigenvalue weighted by Gasteiger charge is -2.07. The SMILES string of the molecule is CC.CC(C)c1cc(C(=O)Nc2cccc(C(=O)O)c2)oc1C(C)C. The maximum Gasteiger partial charge on any atom is 0.335 e. The number of furan rings is 1. The zero-order valence-electron chi connectivity index (χ0n) is 15.7. The molecule has 0 radical (unpaired) electrons. The van der Waals surface area contributed by atoms with Gasteiger partial charge in [-0.25, -0.2) is 4.79 Å². The van der Waals surface area contributed by atoms with Crippen LogP contribution in [0.4, 0.5) is 5.69 Å². The molecule has 0 aliphatic heterocycles. The molecule has 5 nitrogen and oxygen atoms in total. The van der Waals surface area contributed by atoms with Crippen molar-refractivity contribution < 1.29 is 19.1 Å². The van der Waals surface area contributed by atoms with Crippen LogP contribution in [-0.4, -0.2) is 17.0 Å². The molecule has 5 heteroatoms. The van der Waals surface area contributed by atoms with Crippen LogP contribution in [0.1, 0.15) is 85.6 Å². The van der Waals surface area contributed by atoms with E-state index < -0.39 is 5.97 Å². The van der Waals surface area contributed by atoms with E-state index in [0.717, 1.165) is 11.3 Å². The van der Waals surface area contributed by atoms with E-state index >= 15 is 0 Å². The molecule has 25 heavy (non-hydrogen) atoms. The van der Waals surface area contributed by atoms with E-state index in [4.69, 9.17) is 9.52 Å². The van der Waals surface area contributed by atoms with Gasteiger partial charge >= 0.3 is 5.97 Å². The predicted molar refractivity (Wildman–Crippen MR) is 99.6 cm³/mol. The van der Waals surface area contributed by atoms with Gasteiger partial charge in [-0.2, -0.15) is 0 Å². The molecule has 0 bridgehead atoms. The molecule has 0 aliphatic rings. The van der Waals surface area contributed by atoms with Gasteiger partial charge in [0.2, 0.25) is 0 Å². The van der Waals surface area contributed by atoms with Crippen LogP contribution in [-0.2, 0) is 0 Å². The Morgan fingerprint density at radius 1 is 1.04 bits per heavy atom. The fourth-order valence-corrected chi connectivity index (χ4v) is 2.36. The number of rotatable bonds is 5. The summed E-state index contributed by atoms with van der Waals surface area (Å²) in [6.45, 7) is 12.1. The molecule has 0 spiro atoms. The maximum absolute atomic E-state index is 12.4. The second-order valence-electron chi connectivity index (χ2n) is 6.08. The number of carboxylic acid groups (broad SMARTS) is 1. The molecule has 1 amide bonds. The van der Waals surface area contributed by atoms with Crippen molar-refractivity contribution >= 4 is 17.6 Å². The molecule has 2 N–H and O–H groups in total. The maximum atomic E-state index is 12.4. The summed E-state index contributed by atoms with van der Waals surface area (Å²) in [7, 11) is 0. The van der Waals surface area contributed by atoms with E-state index in [1.165, 1.54) is 12.1 Å². The molecule has 0 aliphatic carbocycles. The normalized spacial score (nSPS) is 10.4. The Kier molecular flexibility index (Phi) is 7.43. The lowest BCUT2D eigenvalue weighted by atomic mass is 9.98. The quantitative estimate of drug-likeness (QED) is 0.749. The second-order valence-corrected chi connectivity index (χ2v) is 6.08. The van der Waals surface area contributed by atoms with Gasteiger partial charge in [0.05, 0.1) is 5.56 Å². The van der Waals surface area contributed by atoms with Gasteiger partial charge in [-0.3, -0.25) is 4.79 Å². The number of amides is 1. The summed E-state index contributed by atoms with van der Waals surface area (Å²) >= 11 is 0. The first-order valence-corrected chi connectivity index (χ1v) is 8.58. The molecule has 2 rings (SSSR count). The average molecular weight is 345 g/mol. The number of hydrogen-bond acceptors (Lipinski definition) is 3. The van der Waals surface area contributed by atoms with Crippen LogP contribution in [0.25, 0.3) is 0 Å². The lowest BCUT2D eigenvalue weighted by molar-refractivity contribution is 0.0696. The highest BCUT2D eigenvalue weighted by atomic mass is 16.4. The first kappa shape index (κ1) is 20.5. The molecule has 1 aromatic carbocycles. The fraction of sp³-hybridized carbons (Fsp3) is 0.400. The topological polar surface area (TPSA) is 79.5 Å². The van der Waals surface area contributed by atoms with Crippen LogP contribution >= 0.6 is 0 Å². The smallest absolute Gasteiger partial charge is 0.335 e. The van der Waals surface area contributed by atoms with E-state index in [2.05, 4.69) is 19.2 Å². The number of carbonyl (C=O) groups excluding carboxylic acids is 1. The Morgan fingerprint density at radius 3 is 2.16 bits per heavy atom. The third-order valence-corrected chi connectivity index (χ3v) is 3.53. The highest BCUT2D eigenvalue weighted by Crippen LogP contribution is 2.29. The van der Waals surface area contributed by atoms with Gasteiger partial charge in [0.15, 0.2) is 5.76 Å². The molecule has 0 saturated heterocycles. The Balaban J connectivity index is 0.00000151. The van der Waals surface area contributed by atoms with E-state index in [1.807, 2.05) is 27.7 Å². The van der Waals surface area contributed by atoms with Gasteiger partial charge in [-0.1, -0.05) is 47.6 Å². The average Bonchev–Trinajstić information content (AvgIpc) is 3.03. The molecule has 0 unspecified atom stereocenters. The molecule has 2 aromatic rings. The van der Waals surface area contributed by atoms with Crippen molar-refractivity contribution in [1.29, 1.82) is 0 Å². The number of carbonyl (C=O) groups is 2. The molecule has 1 heterocycles. The van der Waals surface area contributed by atoms with Gasteiger partial charge in [0, 0.05) is 11.6 Å². The van der Waals surface area contributed by atoms with Gasteiger partial charge in [-0.05, 0) is 35.7 Å². The zero-order chi connectivity index (χ0) is 19.1. The van der Waals surface area contributed by atoms with Crippen molar-refractivity contribution in [2.24, 2.45) is 0 Å². The first-order chi connectivity index (χ1) is 11.8. The van der Waals surface area contributed by atoms with Crippen molar-refractivity contribution in [3.05, 3.63) is 53.0 Å².